The molecule has 2 amide bonds. The molecule has 2 aliphatic heterocycles. The molecule has 1 aliphatic carbocycles. The third-order valence-corrected chi connectivity index (χ3v) is 7.69. The highest BCUT2D eigenvalue weighted by molar-refractivity contribution is 5.89. The fourth-order valence-corrected chi connectivity index (χ4v) is 5.88. The summed E-state index contributed by atoms with van der Waals surface area (Å²) in [6, 6.07) is 4.39. The molecular weight excluding hydrogens is 404 g/mol. The van der Waals surface area contributed by atoms with Gasteiger partial charge in [-0.05, 0) is 44.7 Å². The maximum atomic E-state index is 13.1. The van der Waals surface area contributed by atoms with Crippen LogP contribution >= 0.6 is 0 Å². The van der Waals surface area contributed by atoms with E-state index in [2.05, 4.69) is 27.4 Å². The molecular formula is C24H34N6O2. The molecule has 32 heavy (non-hydrogen) atoms. The highest BCUT2D eigenvalue weighted by atomic mass is 16.2. The fourth-order valence-electron chi connectivity index (χ4n) is 5.88. The number of carbonyl (C=O) groups is 2. The van der Waals surface area contributed by atoms with Gasteiger partial charge in [-0.1, -0.05) is 12.8 Å². The molecule has 0 spiro atoms. The number of nitrogens with one attached hydrogen (secondary N) is 1. The van der Waals surface area contributed by atoms with Crippen LogP contribution in [0.5, 0.6) is 0 Å². The molecule has 1 saturated carbocycles. The summed E-state index contributed by atoms with van der Waals surface area (Å²) in [5.41, 5.74) is 3.01. The second-order valence-corrected chi connectivity index (χ2v) is 9.66. The van der Waals surface area contributed by atoms with Crippen molar-refractivity contribution < 1.29 is 9.59 Å². The Labute approximate surface area is 189 Å². The van der Waals surface area contributed by atoms with Crippen LogP contribution < -0.4 is 5.32 Å². The number of aromatic nitrogens is 3. The summed E-state index contributed by atoms with van der Waals surface area (Å²) < 4.78 is 1.85. The van der Waals surface area contributed by atoms with Crippen LogP contribution in [-0.4, -0.2) is 74.6 Å². The quantitative estimate of drug-likeness (QED) is 0.791. The van der Waals surface area contributed by atoms with Crippen molar-refractivity contribution in [1.29, 1.82) is 0 Å². The average molecular weight is 439 g/mol. The molecule has 3 fully saturated rings. The van der Waals surface area contributed by atoms with E-state index in [1.807, 2.05) is 23.6 Å². The second-order valence-electron chi connectivity index (χ2n) is 9.66. The van der Waals surface area contributed by atoms with Crippen molar-refractivity contribution in [3.8, 4) is 0 Å². The Hall–Kier alpha value is -2.48. The standard InChI is InChI=1S/C24H34N6O2/c1-16-19-7-8-20(26-23(19)28(2)27-16)17-9-12-29(13-10-17)22(31)15-21-24(32)25-11-14-30(21)18-5-3-4-6-18/h7-8,17-18,21H,3-6,9-15H2,1-2H3,(H,25,32)/t21-/m0/s1. The zero-order valence-corrected chi connectivity index (χ0v) is 19.2. The van der Waals surface area contributed by atoms with Gasteiger partial charge in [-0.3, -0.25) is 19.2 Å². The van der Waals surface area contributed by atoms with Crippen LogP contribution in [0.2, 0.25) is 0 Å². The first kappa shape index (κ1) is 21.4. The van der Waals surface area contributed by atoms with Gasteiger partial charge in [0.25, 0.3) is 0 Å². The summed E-state index contributed by atoms with van der Waals surface area (Å²) in [5, 5.41) is 8.55. The van der Waals surface area contributed by atoms with E-state index in [4.69, 9.17) is 4.98 Å². The van der Waals surface area contributed by atoms with Gasteiger partial charge in [0.1, 0.15) is 0 Å². The number of rotatable bonds is 4. The number of hydrogen-bond acceptors (Lipinski definition) is 5. The topological polar surface area (TPSA) is 83.4 Å². The predicted molar refractivity (Wildman–Crippen MR) is 122 cm³/mol. The van der Waals surface area contributed by atoms with Crippen LogP contribution in [0.1, 0.15) is 62.3 Å². The highest BCUT2D eigenvalue weighted by Crippen LogP contribution is 2.30. The maximum Gasteiger partial charge on any atom is 0.237 e. The fraction of sp³-hybridized carbons (Fsp3) is 0.667. The summed E-state index contributed by atoms with van der Waals surface area (Å²) in [6.45, 7) is 5.02. The molecule has 0 radical (unpaired) electrons. The molecule has 0 aromatic carbocycles. The van der Waals surface area contributed by atoms with Crippen molar-refractivity contribution in [2.24, 2.45) is 7.05 Å². The Kier molecular flexibility index (Phi) is 5.88. The van der Waals surface area contributed by atoms with Gasteiger partial charge in [-0.25, -0.2) is 4.98 Å². The van der Waals surface area contributed by atoms with E-state index in [-0.39, 0.29) is 17.9 Å². The van der Waals surface area contributed by atoms with Crippen LogP contribution in [0.15, 0.2) is 12.1 Å². The number of fused-ring (bicyclic) bond motifs is 1. The van der Waals surface area contributed by atoms with E-state index in [1.165, 1.54) is 12.8 Å². The van der Waals surface area contributed by atoms with Crippen LogP contribution in [0.3, 0.4) is 0 Å². The van der Waals surface area contributed by atoms with Crippen LogP contribution in [-0.2, 0) is 16.6 Å². The van der Waals surface area contributed by atoms with Gasteiger partial charge in [-0.15, -0.1) is 0 Å². The van der Waals surface area contributed by atoms with E-state index in [0.29, 0.717) is 24.9 Å². The van der Waals surface area contributed by atoms with Crippen molar-refractivity contribution in [3.05, 3.63) is 23.5 Å². The Morgan fingerprint density at radius 1 is 1.12 bits per heavy atom. The number of hydrogen-bond donors (Lipinski definition) is 1. The van der Waals surface area contributed by atoms with Crippen molar-refractivity contribution >= 4 is 22.8 Å². The Bertz CT molecular complexity index is 1000. The first-order chi connectivity index (χ1) is 15.5. The van der Waals surface area contributed by atoms with E-state index < -0.39 is 0 Å². The molecule has 0 unspecified atom stereocenters. The van der Waals surface area contributed by atoms with Crippen molar-refractivity contribution in [1.82, 2.24) is 29.9 Å². The third-order valence-electron chi connectivity index (χ3n) is 7.69. The molecule has 1 atom stereocenters. The average Bonchev–Trinajstić information content (AvgIpc) is 3.43. The number of piperidine rings is 1. The number of piperazine rings is 1. The monoisotopic (exact) mass is 438 g/mol. The number of pyridine rings is 1. The SMILES string of the molecule is Cc1nn(C)c2nc(C3CCN(C(=O)C[C@H]4C(=O)NCCN4C4CCCC4)CC3)ccc12. The molecule has 0 bridgehead atoms. The number of aryl methyl sites for hydroxylation is 2. The van der Waals surface area contributed by atoms with Gasteiger partial charge in [0.2, 0.25) is 11.8 Å². The zero-order valence-electron chi connectivity index (χ0n) is 19.2. The van der Waals surface area contributed by atoms with Crippen LogP contribution in [0.4, 0.5) is 0 Å². The molecule has 2 saturated heterocycles. The molecule has 8 heteroatoms. The predicted octanol–water partition coefficient (Wildman–Crippen LogP) is 2.12. The minimum absolute atomic E-state index is 0.0235. The zero-order chi connectivity index (χ0) is 22.2. The lowest BCUT2D eigenvalue weighted by Crippen LogP contribution is -2.59. The first-order valence-electron chi connectivity index (χ1n) is 12.1. The van der Waals surface area contributed by atoms with Gasteiger partial charge in [0, 0.05) is 56.3 Å². The van der Waals surface area contributed by atoms with E-state index in [1.54, 1.807) is 0 Å². The van der Waals surface area contributed by atoms with Crippen molar-refractivity contribution in [2.45, 2.75) is 69.9 Å². The van der Waals surface area contributed by atoms with Gasteiger partial charge >= 0.3 is 0 Å². The first-order valence-corrected chi connectivity index (χ1v) is 12.1. The Morgan fingerprint density at radius 3 is 2.62 bits per heavy atom. The highest BCUT2D eigenvalue weighted by Gasteiger charge is 2.38. The molecule has 4 heterocycles. The number of nitrogens with zero attached hydrogens (tertiary/aromatic N) is 5. The van der Waals surface area contributed by atoms with Gasteiger partial charge in [-0.2, -0.15) is 5.10 Å². The van der Waals surface area contributed by atoms with E-state index in [0.717, 1.165) is 67.7 Å². The molecule has 8 nitrogen and oxygen atoms in total. The minimum atomic E-state index is -0.311. The molecule has 2 aromatic heterocycles. The van der Waals surface area contributed by atoms with Gasteiger partial charge in [0.05, 0.1) is 18.2 Å². The minimum Gasteiger partial charge on any atom is -0.353 e. The second kappa shape index (κ2) is 8.81. The summed E-state index contributed by atoms with van der Waals surface area (Å²) >= 11 is 0. The van der Waals surface area contributed by atoms with Crippen molar-refractivity contribution in [2.75, 3.05) is 26.2 Å². The Morgan fingerprint density at radius 2 is 1.88 bits per heavy atom. The molecule has 172 valence electrons. The van der Waals surface area contributed by atoms with Crippen molar-refractivity contribution in [3.63, 3.8) is 0 Å². The molecule has 1 N–H and O–H groups in total. The number of amides is 2. The molecule has 3 aliphatic rings. The largest absolute Gasteiger partial charge is 0.353 e. The summed E-state index contributed by atoms with van der Waals surface area (Å²) in [7, 11) is 1.93. The lowest BCUT2D eigenvalue weighted by atomic mass is 9.92. The van der Waals surface area contributed by atoms with E-state index in [9.17, 15) is 9.59 Å². The number of carbonyl (C=O) groups excluding carboxylic acids is 2. The number of likely N-dealkylation sites (tertiary alicyclic amines) is 1. The smallest absolute Gasteiger partial charge is 0.237 e. The van der Waals surface area contributed by atoms with Crippen LogP contribution in [0.25, 0.3) is 11.0 Å². The third kappa shape index (κ3) is 4.00. The van der Waals surface area contributed by atoms with Gasteiger partial charge in [0.15, 0.2) is 5.65 Å². The summed E-state index contributed by atoms with van der Waals surface area (Å²) in [5.74, 6) is 0.487. The lowest BCUT2D eigenvalue weighted by molar-refractivity contribution is -0.140. The normalized spacial score (nSPS) is 23.8. The summed E-state index contributed by atoms with van der Waals surface area (Å²) in [6.07, 6.45) is 6.87. The molecule has 2 aromatic rings. The van der Waals surface area contributed by atoms with E-state index >= 15 is 0 Å². The maximum absolute atomic E-state index is 13.1. The van der Waals surface area contributed by atoms with Crippen LogP contribution in [0, 0.1) is 6.92 Å². The van der Waals surface area contributed by atoms with Gasteiger partial charge < -0.3 is 10.2 Å². The lowest BCUT2D eigenvalue weighted by Gasteiger charge is -2.40. The summed E-state index contributed by atoms with van der Waals surface area (Å²) in [4.78, 5) is 34.9. The molecule has 5 rings (SSSR count). The Balaban J connectivity index is 1.21.